The van der Waals surface area contributed by atoms with Gasteiger partial charge in [0.25, 0.3) is 0 Å². The summed E-state index contributed by atoms with van der Waals surface area (Å²) in [5, 5.41) is 6.42. The smallest absolute Gasteiger partial charge is 0.150 e. The summed E-state index contributed by atoms with van der Waals surface area (Å²) in [6.07, 6.45) is 0. The molecule has 1 aromatic heterocycles. The van der Waals surface area contributed by atoms with E-state index in [0.29, 0.717) is 12.3 Å². The predicted molar refractivity (Wildman–Crippen MR) is 67.3 cm³/mol. The van der Waals surface area contributed by atoms with E-state index in [-0.39, 0.29) is 0 Å². The van der Waals surface area contributed by atoms with Crippen LogP contribution in [0.2, 0.25) is 0 Å². The van der Waals surface area contributed by atoms with Crippen molar-refractivity contribution in [2.75, 3.05) is 0 Å². The molecular weight excluding hydrogens is 212 g/mol. The van der Waals surface area contributed by atoms with Crippen LogP contribution >= 0.6 is 0 Å². The highest BCUT2D eigenvalue weighted by Crippen LogP contribution is 2.27. The molecule has 0 bridgehead atoms. The topological polar surface area (TPSA) is 52.0 Å². The lowest BCUT2D eigenvalue weighted by atomic mass is 10.0. The average molecular weight is 224 g/mol. The molecule has 0 spiro atoms. The molecule has 3 aromatic rings. The Balaban J connectivity index is 2.23. The van der Waals surface area contributed by atoms with Crippen LogP contribution in [0.3, 0.4) is 0 Å². The lowest BCUT2D eigenvalue weighted by molar-refractivity contribution is 0.387. The Bertz CT molecular complexity index is 653. The summed E-state index contributed by atoms with van der Waals surface area (Å²) in [6, 6.07) is 16.3. The zero-order valence-electron chi connectivity index (χ0n) is 9.26. The third-order valence-electron chi connectivity index (χ3n) is 2.83. The molecule has 0 radical (unpaired) electrons. The molecule has 1 heterocycles. The van der Waals surface area contributed by atoms with Crippen molar-refractivity contribution < 1.29 is 4.52 Å². The number of rotatable bonds is 2. The van der Waals surface area contributed by atoms with Crippen LogP contribution in [-0.2, 0) is 6.54 Å². The number of benzene rings is 2. The normalized spacial score (nSPS) is 10.9. The van der Waals surface area contributed by atoms with Gasteiger partial charge in [0, 0.05) is 11.6 Å². The van der Waals surface area contributed by atoms with E-state index in [1.807, 2.05) is 30.3 Å². The largest absolute Gasteiger partial charge is 0.359 e. The van der Waals surface area contributed by atoms with Gasteiger partial charge in [-0.25, -0.2) is 0 Å². The molecule has 3 rings (SSSR count). The highest BCUT2D eigenvalue weighted by molar-refractivity contribution is 5.95. The maximum absolute atomic E-state index is 5.52. The fourth-order valence-corrected chi connectivity index (χ4v) is 1.98. The Labute approximate surface area is 98.8 Å². The standard InChI is InChI=1S/C14H12N2O/c15-9-11-8-14(16-17-11)13-7-3-5-10-4-1-2-6-12(10)13/h1-8H,9,15H2. The molecule has 2 N–H and O–H groups in total. The van der Waals surface area contributed by atoms with E-state index in [2.05, 4.69) is 23.4 Å². The maximum atomic E-state index is 5.52. The van der Waals surface area contributed by atoms with Crippen LogP contribution in [0.15, 0.2) is 53.1 Å². The second-order valence-electron chi connectivity index (χ2n) is 3.91. The van der Waals surface area contributed by atoms with Crippen LogP contribution in [0.25, 0.3) is 22.0 Å². The molecule has 3 nitrogen and oxygen atoms in total. The van der Waals surface area contributed by atoms with Crippen LogP contribution in [0.1, 0.15) is 5.76 Å². The van der Waals surface area contributed by atoms with Gasteiger partial charge in [0.15, 0.2) is 5.76 Å². The Morgan fingerprint density at radius 3 is 2.71 bits per heavy atom. The van der Waals surface area contributed by atoms with Gasteiger partial charge in [0.1, 0.15) is 5.69 Å². The molecule has 3 heteroatoms. The lowest BCUT2D eigenvalue weighted by Gasteiger charge is -2.02. The van der Waals surface area contributed by atoms with E-state index >= 15 is 0 Å². The van der Waals surface area contributed by atoms with Crippen LogP contribution in [0, 0.1) is 0 Å². The van der Waals surface area contributed by atoms with Gasteiger partial charge in [-0.05, 0) is 10.8 Å². The predicted octanol–water partition coefficient (Wildman–Crippen LogP) is 2.95. The Hall–Kier alpha value is -2.13. The molecule has 0 saturated carbocycles. The molecule has 0 aliphatic carbocycles. The summed E-state index contributed by atoms with van der Waals surface area (Å²) >= 11 is 0. The minimum Gasteiger partial charge on any atom is -0.359 e. The Morgan fingerprint density at radius 1 is 1.06 bits per heavy atom. The van der Waals surface area contributed by atoms with Gasteiger partial charge in [-0.1, -0.05) is 47.6 Å². The number of nitrogens with two attached hydrogens (primary N) is 1. The average Bonchev–Trinajstić information content (AvgIpc) is 2.87. The summed E-state index contributed by atoms with van der Waals surface area (Å²) in [5.74, 6) is 0.702. The minimum atomic E-state index is 0.373. The number of fused-ring (bicyclic) bond motifs is 1. The van der Waals surface area contributed by atoms with Crippen molar-refractivity contribution in [3.05, 3.63) is 54.3 Å². The SMILES string of the molecule is NCc1cc(-c2cccc3ccccc23)no1. The van der Waals surface area contributed by atoms with Gasteiger partial charge >= 0.3 is 0 Å². The maximum Gasteiger partial charge on any atom is 0.150 e. The minimum absolute atomic E-state index is 0.373. The summed E-state index contributed by atoms with van der Waals surface area (Å²) in [5.41, 5.74) is 7.43. The number of aromatic nitrogens is 1. The third-order valence-corrected chi connectivity index (χ3v) is 2.83. The zero-order valence-corrected chi connectivity index (χ0v) is 9.26. The Kier molecular flexibility index (Phi) is 2.38. The summed E-state index contributed by atoms with van der Waals surface area (Å²) < 4.78 is 5.14. The summed E-state index contributed by atoms with van der Waals surface area (Å²) in [4.78, 5) is 0. The van der Waals surface area contributed by atoms with E-state index in [1.54, 1.807) is 0 Å². The fraction of sp³-hybridized carbons (Fsp3) is 0.0714. The summed E-state index contributed by atoms with van der Waals surface area (Å²) in [7, 11) is 0. The number of hydrogen-bond acceptors (Lipinski definition) is 3. The van der Waals surface area contributed by atoms with Crippen molar-refractivity contribution in [2.24, 2.45) is 5.73 Å². The van der Waals surface area contributed by atoms with Crippen LogP contribution in [-0.4, -0.2) is 5.16 Å². The third kappa shape index (κ3) is 1.70. The zero-order chi connectivity index (χ0) is 11.7. The van der Waals surface area contributed by atoms with E-state index in [0.717, 1.165) is 11.3 Å². The monoisotopic (exact) mass is 224 g/mol. The van der Waals surface area contributed by atoms with Gasteiger partial charge in [0.2, 0.25) is 0 Å². The molecule has 0 atom stereocenters. The van der Waals surface area contributed by atoms with Gasteiger partial charge in [0.05, 0.1) is 6.54 Å². The van der Waals surface area contributed by atoms with E-state index in [4.69, 9.17) is 10.3 Å². The van der Waals surface area contributed by atoms with Crippen molar-refractivity contribution in [2.45, 2.75) is 6.54 Å². The van der Waals surface area contributed by atoms with Crippen LogP contribution in [0.5, 0.6) is 0 Å². The van der Waals surface area contributed by atoms with Gasteiger partial charge < -0.3 is 10.3 Å². The first kappa shape index (κ1) is 10.1. The van der Waals surface area contributed by atoms with Gasteiger partial charge in [-0.2, -0.15) is 0 Å². The molecule has 0 saturated heterocycles. The quantitative estimate of drug-likeness (QED) is 0.728. The molecule has 17 heavy (non-hydrogen) atoms. The van der Waals surface area contributed by atoms with E-state index in [9.17, 15) is 0 Å². The van der Waals surface area contributed by atoms with E-state index in [1.165, 1.54) is 10.8 Å². The molecule has 2 aromatic carbocycles. The summed E-state index contributed by atoms with van der Waals surface area (Å²) in [6.45, 7) is 0.373. The second kappa shape index (κ2) is 4.03. The molecule has 0 aliphatic heterocycles. The van der Waals surface area contributed by atoms with E-state index < -0.39 is 0 Å². The highest BCUT2D eigenvalue weighted by Gasteiger charge is 2.08. The number of hydrogen-bond donors (Lipinski definition) is 1. The van der Waals surface area contributed by atoms with Crippen LogP contribution in [0.4, 0.5) is 0 Å². The molecular formula is C14H12N2O. The Morgan fingerprint density at radius 2 is 1.88 bits per heavy atom. The first-order chi connectivity index (χ1) is 8.38. The first-order valence-corrected chi connectivity index (χ1v) is 5.52. The van der Waals surface area contributed by atoms with Crippen molar-refractivity contribution in [3.8, 4) is 11.3 Å². The van der Waals surface area contributed by atoms with Crippen LogP contribution < -0.4 is 5.73 Å². The van der Waals surface area contributed by atoms with Crippen molar-refractivity contribution in [1.29, 1.82) is 0 Å². The van der Waals surface area contributed by atoms with Crippen molar-refractivity contribution >= 4 is 10.8 Å². The molecule has 84 valence electrons. The molecule has 0 amide bonds. The lowest BCUT2D eigenvalue weighted by Crippen LogP contribution is -1.92. The molecule has 0 fully saturated rings. The fourth-order valence-electron chi connectivity index (χ4n) is 1.98. The number of nitrogens with zero attached hydrogens (tertiary/aromatic N) is 1. The van der Waals surface area contributed by atoms with Crippen molar-refractivity contribution in [1.82, 2.24) is 5.16 Å². The van der Waals surface area contributed by atoms with Gasteiger partial charge in [-0.3, -0.25) is 0 Å². The van der Waals surface area contributed by atoms with Gasteiger partial charge in [-0.15, -0.1) is 0 Å². The second-order valence-corrected chi connectivity index (χ2v) is 3.91. The van der Waals surface area contributed by atoms with Crippen molar-refractivity contribution in [3.63, 3.8) is 0 Å². The highest BCUT2D eigenvalue weighted by atomic mass is 16.5. The molecule has 0 aliphatic rings. The molecule has 0 unspecified atom stereocenters. The first-order valence-electron chi connectivity index (χ1n) is 5.52.